The van der Waals surface area contributed by atoms with Gasteiger partial charge in [0.15, 0.2) is 0 Å². The zero-order valence-corrected chi connectivity index (χ0v) is 6.14. The first-order valence-electron chi connectivity index (χ1n) is 3.88. The maximum Gasteiger partial charge on any atom is 0.331 e. The van der Waals surface area contributed by atoms with E-state index in [2.05, 4.69) is 0 Å². The molecule has 3 atom stereocenters. The van der Waals surface area contributed by atoms with Crippen molar-refractivity contribution in [2.24, 2.45) is 0 Å². The third-order valence-electron chi connectivity index (χ3n) is 1.69. The molecule has 0 aliphatic heterocycles. The molecule has 0 aromatic rings. The Hall–Kier alpha value is -0.910. The quantitative estimate of drug-likeness (QED) is 0.388. The number of carboxylic acid groups (broad SMARTS) is 1. The van der Waals surface area contributed by atoms with E-state index in [1.54, 1.807) is 0 Å². The van der Waals surface area contributed by atoms with E-state index in [9.17, 15) is 4.79 Å². The molecule has 1 aliphatic rings. The zero-order chi connectivity index (χ0) is 10.2. The molecule has 0 fully saturated rings. The highest BCUT2D eigenvalue weighted by Crippen LogP contribution is 2.19. The molecule has 0 amide bonds. The Kier molecular flexibility index (Phi) is 2.07. The first kappa shape index (κ1) is 7.72. The van der Waals surface area contributed by atoms with E-state index < -0.39 is 24.3 Å². The van der Waals surface area contributed by atoms with E-state index in [1.807, 2.05) is 0 Å². The second-order valence-corrected chi connectivity index (χ2v) is 2.62. The van der Waals surface area contributed by atoms with Gasteiger partial charge in [0.1, 0.15) is 12.2 Å². The maximum atomic E-state index is 10.4. The van der Waals surface area contributed by atoms with Crippen molar-refractivity contribution in [1.82, 2.24) is 0 Å². The standard InChI is InChI=1S/C7H10O5/c8-4-1-3(7(11)12)2-5(9)6(4)10/h1,4-6,8-10H,2H2,(H,11,12)/t4-,5-,6-/m1/s1/i4D. The van der Waals surface area contributed by atoms with Gasteiger partial charge >= 0.3 is 5.97 Å². The topological polar surface area (TPSA) is 98.0 Å². The summed E-state index contributed by atoms with van der Waals surface area (Å²) in [7, 11) is 0. The van der Waals surface area contributed by atoms with Crippen LogP contribution < -0.4 is 0 Å². The maximum absolute atomic E-state index is 10.4. The van der Waals surface area contributed by atoms with Crippen molar-refractivity contribution in [3.05, 3.63) is 11.6 Å². The van der Waals surface area contributed by atoms with Crippen molar-refractivity contribution >= 4 is 5.97 Å². The number of aliphatic hydroxyl groups excluding tert-OH is 2. The van der Waals surface area contributed by atoms with Crippen molar-refractivity contribution in [2.45, 2.75) is 24.7 Å². The molecule has 68 valence electrons. The second kappa shape index (κ2) is 3.22. The molecular weight excluding hydrogens is 164 g/mol. The van der Waals surface area contributed by atoms with Gasteiger partial charge in [0.05, 0.1) is 7.47 Å². The first-order chi connectivity index (χ1) is 5.84. The van der Waals surface area contributed by atoms with Gasteiger partial charge < -0.3 is 20.4 Å². The van der Waals surface area contributed by atoms with Crippen LogP contribution in [-0.4, -0.2) is 44.7 Å². The smallest absolute Gasteiger partial charge is 0.331 e. The highest BCUT2D eigenvalue weighted by molar-refractivity contribution is 5.87. The van der Waals surface area contributed by atoms with Gasteiger partial charge in [-0.2, -0.15) is 0 Å². The van der Waals surface area contributed by atoms with E-state index in [1.165, 1.54) is 0 Å². The van der Waals surface area contributed by atoms with E-state index in [0.717, 1.165) is 6.08 Å². The molecule has 5 heteroatoms. The lowest BCUT2D eigenvalue weighted by molar-refractivity contribution is -0.134. The normalized spacial score (nSPS) is 43.2. The number of hydrogen-bond donors (Lipinski definition) is 4. The van der Waals surface area contributed by atoms with Crippen molar-refractivity contribution in [3.63, 3.8) is 0 Å². The molecule has 0 unspecified atom stereocenters. The summed E-state index contributed by atoms with van der Waals surface area (Å²) in [4.78, 5) is 10.4. The number of hydrogen-bond acceptors (Lipinski definition) is 4. The van der Waals surface area contributed by atoms with Crippen molar-refractivity contribution in [2.75, 3.05) is 0 Å². The lowest BCUT2D eigenvalue weighted by atomic mass is 9.92. The minimum absolute atomic E-state index is 0.266. The molecule has 0 spiro atoms. The molecule has 1 rings (SSSR count). The monoisotopic (exact) mass is 175 g/mol. The lowest BCUT2D eigenvalue weighted by Crippen LogP contribution is -2.40. The van der Waals surface area contributed by atoms with Crippen molar-refractivity contribution < 1.29 is 26.6 Å². The van der Waals surface area contributed by atoms with Gasteiger partial charge in [-0.15, -0.1) is 0 Å². The fraction of sp³-hybridized carbons (Fsp3) is 0.571. The Morgan fingerprint density at radius 1 is 1.58 bits per heavy atom. The van der Waals surface area contributed by atoms with E-state index in [-0.39, 0.29) is 12.0 Å². The van der Waals surface area contributed by atoms with E-state index >= 15 is 0 Å². The van der Waals surface area contributed by atoms with Crippen molar-refractivity contribution in [1.29, 1.82) is 0 Å². The lowest BCUT2D eigenvalue weighted by Gasteiger charge is -2.25. The fourth-order valence-electron chi connectivity index (χ4n) is 1.01. The SMILES string of the molecule is [2H][C@@]1(O)C=C(C(=O)O)C[C@@H](O)[C@@H]1O. The number of aliphatic hydroxyl groups is 3. The molecule has 0 aromatic carbocycles. The first-order valence-corrected chi connectivity index (χ1v) is 3.38. The Balaban J connectivity index is 2.99. The molecular formula is C7H10O5. The minimum atomic E-state index is -2.43. The molecule has 0 bridgehead atoms. The molecule has 0 radical (unpaired) electrons. The van der Waals surface area contributed by atoms with Crippen LogP contribution in [0.1, 0.15) is 7.79 Å². The minimum Gasteiger partial charge on any atom is -0.478 e. The van der Waals surface area contributed by atoms with Gasteiger partial charge in [0.25, 0.3) is 0 Å². The highest BCUT2D eigenvalue weighted by atomic mass is 16.4. The van der Waals surface area contributed by atoms with Crippen LogP contribution in [0.3, 0.4) is 0 Å². The molecule has 1 aliphatic carbocycles. The molecule has 4 N–H and O–H groups in total. The van der Waals surface area contributed by atoms with Gasteiger partial charge in [0, 0.05) is 12.0 Å². The second-order valence-electron chi connectivity index (χ2n) is 2.62. The Morgan fingerprint density at radius 2 is 2.17 bits per heavy atom. The molecule has 0 aromatic heterocycles. The third-order valence-corrected chi connectivity index (χ3v) is 1.69. The Bertz CT molecular complexity index is 260. The molecule has 5 nitrogen and oxygen atoms in total. The Labute approximate surface area is 70.0 Å². The number of aliphatic carboxylic acids is 1. The number of rotatable bonds is 1. The molecule has 0 saturated carbocycles. The van der Waals surface area contributed by atoms with Gasteiger partial charge in [0.2, 0.25) is 0 Å². The third kappa shape index (κ3) is 1.63. The summed E-state index contributed by atoms with van der Waals surface area (Å²) in [5.74, 6) is -1.31. The van der Waals surface area contributed by atoms with Crippen LogP contribution in [0.2, 0.25) is 0 Å². The predicted molar refractivity (Wildman–Crippen MR) is 38.4 cm³/mol. The number of carboxylic acids is 1. The largest absolute Gasteiger partial charge is 0.478 e. The van der Waals surface area contributed by atoms with Crippen LogP contribution in [0.15, 0.2) is 11.6 Å². The summed E-state index contributed by atoms with van der Waals surface area (Å²) < 4.78 is 7.09. The highest BCUT2D eigenvalue weighted by Gasteiger charge is 2.31. The molecule has 12 heavy (non-hydrogen) atoms. The Morgan fingerprint density at radius 3 is 2.58 bits per heavy atom. The average Bonchev–Trinajstić information content (AvgIpc) is 1.99. The van der Waals surface area contributed by atoms with Crippen LogP contribution in [0.4, 0.5) is 0 Å². The summed E-state index contributed by atoms with van der Waals surface area (Å²) in [6.45, 7) is 0. The van der Waals surface area contributed by atoms with Crippen LogP contribution >= 0.6 is 0 Å². The fourth-order valence-corrected chi connectivity index (χ4v) is 1.01. The summed E-state index contributed by atoms with van der Waals surface area (Å²) in [6, 6.07) is 0. The molecule has 0 saturated heterocycles. The number of carbonyl (C=O) groups is 1. The van der Waals surface area contributed by atoms with E-state index in [4.69, 9.17) is 21.8 Å². The van der Waals surface area contributed by atoms with Crippen LogP contribution in [0.5, 0.6) is 0 Å². The van der Waals surface area contributed by atoms with Crippen LogP contribution in [-0.2, 0) is 4.79 Å². The van der Waals surface area contributed by atoms with Gasteiger partial charge in [-0.1, -0.05) is 0 Å². The van der Waals surface area contributed by atoms with Crippen LogP contribution in [0.25, 0.3) is 0 Å². The van der Waals surface area contributed by atoms with Crippen molar-refractivity contribution in [3.8, 4) is 0 Å². The summed E-state index contributed by atoms with van der Waals surface area (Å²) in [5.41, 5.74) is -0.268. The van der Waals surface area contributed by atoms with E-state index in [0.29, 0.717) is 0 Å². The molecule has 0 heterocycles. The van der Waals surface area contributed by atoms with Gasteiger partial charge in [-0.3, -0.25) is 0 Å². The van der Waals surface area contributed by atoms with Gasteiger partial charge in [-0.05, 0) is 6.08 Å². The summed E-state index contributed by atoms with van der Waals surface area (Å²) in [6.07, 6.45) is -5.05. The van der Waals surface area contributed by atoms with Crippen LogP contribution in [0, 0.1) is 0 Å². The van der Waals surface area contributed by atoms with Gasteiger partial charge in [-0.25, -0.2) is 4.79 Å². The summed E-state index contributed by atoms with van der Waals surface area (Å²) >= 11 is 0. The average molecular weight is 175 g/mol. The predicted octanol–water partition coefficient (Wildman–Crippen LogP) is -1.52. The summed E-state index contributed by atoms with van der Waals surface area (Å²) in [5, 5.41) is 35.8. The zero-order valence-electron chi connectivity index (χ0n) is 7.14.